The molecule has 0 amide bonds. The van der Waals surface area contributed by atoms with E-state index < -0.39 is 0 Å². The van der Waals surface area contributed by atoms with E-state index >= 15 is 0 Å². The van der Waals surface area contributed by atoms with Crippen LogP contribution in [-0.4, -0.2) is 20.1 Å². The van der Waals surface area contributed by atoms with Gasteiger partial charge in [0.15, 0.2) is 0 Å². The van der Waals surface area contributed by atoms with Crippen molar-refractivity contribution in [1.29, 1.82) is 0 Å². The lowest BCUT2D eigenvalue weighted by atomic mass is 10.1. The molecule has 1 rings (SSSR count). The number of rotatable bonds is 6. The Kier molecular flexibility index (Phi) is 5.42. The summed E-state index contributed by atoms with van der Waals surface area (Å²) < 4.78 is 13.8. The number of halogens is 1. The van der Waals surface area contributed by atoms with Gasteiger partial charge in [0, 0.05) is 31.4 Å². The molecule has 0 aromatic heterocycles. The molecule has 1 aromatic rings. The smallest absolute Gasteiger partial charge is 0.129 e. The van der Waals surface area contributed by atoms with Gasteiger partial charge in [0.2, 0.25) is 0 Å². The van der Waals surface area contributed by atoms with Gasteiger partial charge in [-0.1, -0.05) is 26.8 Å². The topological polar surface area (TPSA) is 15.3 Å². The molecule has 1 aromatic carbocycles. The Balaban J connectivity index is 2.92. The maximum atomic E-state index is 13.8. The van der Waals surface area contributed by atoms with Crippen molar-refractivity contribution in [2.45, 2.75) is 27.3 Å². The summed E-state index contributed by atoms with van der Waals surface area (Å²) in [5.74, 6) is 0.439. The van der Waals surface area contributed by atoms with Crippen LogP contribution in [0.25, 0.3) is 0 Å². The zero-order chi connectivity index (χ0) is 12.8. The van der Waals surface area contributed by atoms with E-state index in [4.69, 9.17) is 0 Å². The quantitative estimate of drug-likeness (QED) is 0.819. The van der Waals surface area contributed by atoms with Gasteiger partial charge in [-0.2, -0.15) is 0 Å². The van der Waals surface area contributed by atoms with Gasteiger partial charge in [-0.15, -0.1) is 0 Å². The van der Waals surface area contributed by atoms with Crippen molar-refractivity contribution in [1.82, 2.24) is 5.32 Å². The zero-order valence-electron chi connectivity index (χ0n) is 11.3. The minimum absolute atomic E-state index is 0.126. The molecule has 0 unspecified atom stereocenters. The average molecular weight is 238 g/mol. The third-order valence-corrected chi connectivity index (χ3v) is 2.70. The monoisotopic (exact) mass is 238 g/mol. The van der Waals surface area contributed by atoms with Crippen LogP contribution in [0.15, 0.2) is 18.2 Å². The molecule has 2 nitrogen and oxygen atoms in total. The van der Waals surface area contributed by atoms with Gasteiger partial charge in [0.05, 0.1) is 0 Å². The number of hydrogen-bond donors (Lipinski definition) is 1. The highest BCUT2D eigenvalue weighted by Gasteiger charge is 2.12. The molecule has 0 saturated carbocycles. The number of anilines is 1. The summed E-state index contributed by atoms with van der Waals surface area (Å²) in [7, 11) is 2.02. The summed E-state index contributed by atoms with van der Waals surface area (Å²) in [5, 5.41) is 3.19. The molecule has 0 aliphatic rings. The molecule has 0 aliphatic carbocycles. The first-order chi connectivity index (χ1) is 8.06. The van der Waals surface area contributed by atoms with Crippen LogP contribution in [0, 0.1) is 11.7 Å². The van der Waals surface area contributed by atoms with E-state index in [-0.39, 0.29) is 5.82 Å². The Morgan fingerprint density at radius 1 is 1.35 bits per heavy atom. The van der Waals surface area contributed by atoms with Crippen LogP contribution in [0.5, 0.6) is 0 Å². The largest absolute Gasteiger partial charge is 0.374 e. The second kappa shape index (κ2) is 6.60. The summed E-state index contributed by atoms with van der Waals surface area (Å²) in [6.07, 6.45) is 0. The predicted molar refractivity (Wildman–Crippen MR) is 71.9 cm³/mol. The molecule has 0 bridgehead atoms. The normalized spacial score (nSPS) is 10.9. The fraction of sp³-hybridized carbons (Fsp3) is 0.571. The molecule has 17 heavy (non-hydrogen) atoms. The van der Waals surface area contributed by atoms with Crippen molar-refractivity contribution in [2.24, 2.45) is 5.92 Å². The molecule has 0 saturated heterocycles. The van der Waals surface area contributed by atoms with Crippen LogP contribution in [0.1, 0.15) is 26.3 Å². The maximum absolute atomic E-state index is 13.8. The molecule has 0 atom stereocenters. The second-order valence-corrected chi connectivity index (χ2v) is 4.79. The fourth-order valence-corrected chi connectivity index (χ4v) is 1.98. The van der Waals surface area contributed by atoms with Crippen LogP contribution in [-0.2, 0) is 6.54 Å². The van der Waals surface area contributed by atoms with Gasteiger partial charge in [0.25, 0.3) is 0 Å². The Morgan fingerprint density at radius 3 is 2.65 bits per heavy atom. The predicted octanol–water partition coefficient (Wildman–Crippen LogP) is 3.03. The van der Waals surface area contributed by atoms with Gasteiger partial charge in [-0.25, -0.2) is 4.39 Å². The van der Waals surface area contributed by atoms with Crippen molar-refractivity contribution >= 4 is 5.69 Å². The standard InChI is InChI=1S/C14H23FN2/c1-5-16-9-12-13(15)7-6-8-14(12)17(4)10-11(2)3/h6-8,11,16H,5,9-10H2,1-4H3. The number of nitrogens with zero attached hydrogens (tertiary/aromatic N) is 1. The lowest BCUT2D eigenvalue weighted by Crippen LogP contribution is -2.25. The van der Waals surface area contributed by atoms with Crippen molar-refractivity contribution in [3.05, 3.63) is 29.6 Å². The summed E-state index contributed by atoms with van der Waals surface area (Å²) in [5.41, 5.74) is 1.75. The van der Waals surface area contributed by atoms with Gasteiger partial charge < -0.3 is 10.2 Å². The molecule has 0 radical (unpaired) electrons. The lowest BCUT2D eigenvalue weighted by molar-refractivity contribution is 0.587. The lowest BCUT2D eigenvalue weighted by Gasteiger charge is -2.24. The van der Waals surface area contributed by atoms with E-state index in [9.17, 15) is 4.39 Å². The maximum Gasteiger partial charge on any atom is 0.129 e. The Labute approximate surface area is 104 Å². The third-order valence-electron chi connectivity index (χ3n) is 2.70. The van der Waals surface area contributed by atoms with Crippen molar-refractivity contribution in [2.75, 3.05) is 25.0 Å². The third kappa shape index (κ3) is 4.00. The Morgan fingerprint density at radius 2 is 2.06 bits per heavy atom. The van der Waals surface area contributed by atoms with Crippen LogP contribution in [0.2, 0.25) is 0 Å². The van der Waals surface area contributed by atoms with E-state index in [1.807, 2.05) is 20.0 Å². The summed E-state index contributed by atoms with van der Waals surface area (Å²) in [6.45, 7) is 8.73. The van der Waals surface area contributed by atoms with Gasteiger partial charge >= 0.3 is 0 Å². The summed E-state index contributed by atoms with van der Waals surface area (Å²) in [4.78, 5) is 2.13. The van der Waals surface area contributed by atoms with Crippen LogP contribution >= 0.6 is 0 Å². The molecule has 1 N–H and O–H groups in total. The Hall–Kier alpha value is -1.09. The molecule has 0 aliphatic heterocycles. The van der Waals surface area contributed by atoms with Gasteiger partial charge in [-0.05, 0) is 24.6 Å². The first kappa shape index (κ1) is 14.0. The Bertz CT molecular complexity index is 350. The van der Waals surface area contributed by atoms with Gasteiger partial charge in [0.1, 0.15) is 5.82 Å². The minimum Gasteiger partial charge on any atom is -0.374 e. The SMILES string of the molecule is CCNCc1c(F)cccc1N(C)CC(C)C. The fourth-order valence-electron chi connectivity index (χ4n) is 1.98. The minimum atomic E-state index is -0.126. The van der Waals surface area contributed by atoms with E-state index in [1.54, 1.807) is 6.07 Å². The number of nitrogens with one attached hydrogen (secondary N) is 1. The van der Waals surface area contributed by atoms with Crippen molar-refractivity contribution in [3.63, 3.8) is 0 Å². The van der Waals surface area contributed by atoms with Gasteiger partial charge in [-0.3, -0.25) is 0 Å². The molecule has 96 valence electrons. The molecule has 0 spiro atoms. The van der Waals surface area contributed by atoms with E-state index in [1.165, 1.54) is 6.07 Å². The number of hydrogen-bond acceptors (Lipinski definition) is 2. The first-order valence-corrected chi connectivity index (χ1v) is 6.25. The van der Waals surface area contributed by atoms with Crippen molar-refractivity contribution < 1.29 is 4.39 Å². The molecule has 0 heterocycles. The van der Waals surface area contributed by atoms with Crippen molar-refractivity contribution in [3.8, 4) is 0 Å². The zero-order valence-corrected chi connectivity index (χ0v) is 11.3. The van der Waals surface area contributed by atoms with E-state index in [0.29, 0.717) is 12.5 Å². The molecular formula is C14H23FN2. The highest BCUT2D eigenvalue weighted by Crippen LogP contribution is 2.23. The van der Waals surface area contributed by atoms with E-state index in [2.05, 4.69) is 24.1 Å². The summed E-state index contributed by atoms with van der Waals surface area (Å²) in [6, 6.07) is 5.29. The van der Waals surface area contributed by atoms with Crippen LogP contribution in [0.3, 0.4) is 0 Å². The molecule has 0 fully saturated rings. The van der Waals surface area contributed by atoms with Crippen LogP contribution < -0.4 is 10.2 Å². The molecular weight excluding hydrogens is 215 g/mol. The second-order valence-electron chi connectivity index (χ2n) is 4.79. The highest BCUT2D eigenvalue weighted by atomic mass is 19.1. The average Bonchev–Trinajstić information content (AvgIpc) is 2.26. The molecule has 3 heteroatoms. The first-order valence-electron chi connectivity index (χ1n) is 6.25. The van der Waals surface area contributed by atoms with Crippen LogP contribution in [0.4, 0.5) is 10.1 Å². The van der Waals surface area contributed by atoms with E-state index in [0.717, 1.165) is 24.3 Å². The highest BCUT2D eigenvalue weighted by molar-refractivity contribution is 5.53. The number of benzene rings is 1. The summed E-state index contributed by atoms with van der Waals surface area (Å²) >= 11 is 0.